The highest BCUT2D eigenvalue weighted by Crippen LogP contribution is 2.27. The Balaban J connectivity index is 1.99. The second-order valence-corrected chi connectivity index (χ2v) is 10.6. The molecule has 9 heteroatoms. The van der Waals surface area contributed by atoms with Crippen LogP contribution in [-0.2, 0) is 9.84 Å². The predicted octanol–water partition coefficient (Wildman–Crippen LogP) is 1.52. The van der Waals surface area contributed by atoms with E-state index in [2.05, 4.69) is 10.3 Å². The minimum atomic E-state index is -3.09. The lowest BCUT2D eigenvalue weighted by molar-refractivity contribution is 0.183. The summed E-state index contributed by atoms with van der Waals surface area (Å²) >= 11 is 7.21. The molecule has 2 N–H and O–H groups in total. The molecule has 1 aliphatic rings. The van der Waals surface area contributed by atoms with Crippen LogP contribution in [0, 0.1) is 0 Å². The first kappa shape index (κ1) is 18.5. The van der Waals surface area contributed by atoms with Crippen LogP contribution in [0.15, 0.2) is 17.1 Å². The summed E-state index contributed by atoms with van der Waals surface area (Å²) in [6, 6.07) is 3.54. The van der Waals surface area contributed by atoms with Crippen molar-refractivity contribution in [3.05, 3.63) is 21.3 Å². The van der Waals surface area contributed by atoms with Crippen molar-refractivity contribution in [1.82, 2.24) is 10.2 Å². The number of halogens is 1. The maximum Gasteiger partial charge on any atom is 0.193 e. The molecule has 130 valence electrons. The van der Waals surface area contributed by atoms with Gasteiger partial charge in [-0.05, 0) is 26.0 Å². The summed E-state index contributed by atoms with van der Waals surface area (Å²) in [5, 5.41) is 13.3. The molecule has 0 aromatic carbocycles. The fraction of sp³-hybridized carbons (Fsp3) is 0.643. The van der Waals surface area contributed by atoms with Gasteiger partial charge >= 0.3 is 0 Å². The van der Waals surface area contributed by atoms with Gasteiger partial charge in [-0.15, -0.1) is 11.3 Å². The zero-order valence-electron chi connectivity index (χ0n) is 13.4. The number of aliphatic hydroxyl groups excluding tert-OH is 1. The van der Waals surface area contributed by atoms with Crippen LogP contribution in [0.5, 0.6) is 0 Å². The van der Waals surface area contributed by atoms with Crippen LogP contribution in [0.3, 0.4) is 0 Å². The number of hydrogen-bond acceptors (Lipinski definition) is 5. The Morgan fingerprint density at radius 1 is 1.57 bits per heavy atom. The van der Waals surface area contributed by atoms with E-state index in [0.29, 0.717) is 23.4 Å². The van der Waals surface area contributed by atoms with Crippen molar-refractivity contribution in [2.75, 3.05) is 32.4 Å². The first-order chi connectivity index (χ1) is 10.7. The van der Waals surface area contributed by atoms with E-state index < -0.39 is 20.7 Å². The number of guanidine groups is 1. The van der Waals surface area contributed by atoms with E-state index in [9.17, 15) is 13.5 Å². The SMILES string of the molecule is CN=C(NCC(O)c1ccc(Cl)s1)N1CCS(=O)(=O)C(C)(C)C1. The molecule has 0 spiro atoms. The highest BCUT2D eigenvalue weighted by Gasteiger charge is 2.41. The van der Waals surface area contributed by atoms with Gasteiger partial charge in [0.1, 0.15) is 6.10 Å². The normalized spacial score (nSPS) is 22.0. The Labute approximate surface area is 146 Å². The molecule has 1 aromatic heterocycles. The molecule has 1 atom stereocenters. The zero-order chi connectivity index (χ0) is 17.3. The van der Waals surface area contributed by atoms with Crippen LogP contribution in [0.1, 0.15) is 24.8 Å². The van der Waals surface area contributed by atoms with E-state index in [0.717, 1.165) is 4.88 Å². The van der Waals surface area contributed by atoms with Crippen molar-refractivity contribution in [1.29, 1.82) is 0 Å². The topological polar surface area (TPSA) is 82.0 Å². The summed E-state index contributed by atoms with van der Waals surface area (Å²) in [5.74, 6) is 0.693. The van der Waals surface area contributed by atoms with Gasteiger partial charge in [0.2, 0.25) is 0 Å². The van der Waals surface area contributed by atoms with Crippen molar-refractivity contribution in [3.8, 4) is 0 Å². The third-order valence-electron chi connectivity index (χ3n) is 3.93. The molecule has 2 heterocycles. The summed E-state index contributed by atoms with van der Waals surface area (Å²) in [4.78, 5) is 6.89. The molecule has 1 aromatic rings. The standard InChI is InChI=1S/C14H22ClN3O3S2/c1-14(2)9-18(6-7-23(14,20)21)13(16-3)17-8-10(19)11-4-5-12(15)22-11/h4-5,10,19H,6-9H2,1-3H3,(H,16,17). The van der Waals surface area contributed by atoms with Gasteiger partial charge in [-0.3, -0.25) is 4.99 Å². The first-order valence-corrected chi connectivity index (χ1v) is 10.1. The Morgan fingerprint density at radius 3 is 2.78 bits per heavy atom. The summed E-state index contributed by atoms with van der Waals surface area (Å²) in [6.45, 7) is 4.50. The minimum Gasteiger partial charge on any atom is -0.386 e. The number of hydrogen-bond donors (Lipinski definition) is 2. The lowest BCUT2D eigenvalue weighted by Crippen LogP contribution is -2.57. The molecule has 1 unspecified atom stereocenters. The molecule has 6 nitrogen and oxygen atoms in total. The minimum absolute atomic E-state index is 0.101. The molecule has 2 rings (SSSR count). The van der Waals surface area contributed by atoms with Crippen molar-refractivity contribution >= 4 is 38.7 Å². The van der Waals surface area contributed by atoms with Gasteiger partial charge in [-0.25, -0.2) is 8.42 Å². The maximum atomic E-state index is 12.1. The summed E-state index contributed by atoms with van der Waals surface area (Å²) in [7, 11) is -1.45. The van der Waals surface area contributed by atoms with E-state index in [-0.39, 0.29) is 12.3 Å². The highest BCUT2D eigenvalue weighted by atomic mass is 35.5. The Hall–Kier alpha value is -0.830. The second-order valence-electron chi connectivity index (χ2n) is 6.09. The van der Waals surface area contributed by atoms with Gasteiger partial charge in [0.15, 0.2) is 15.8 Å². The Kier molecular flexibility index (Phi) is 5.60. The third-order valence-corrected chi connectivity index (χ3v) is 7.80. The van der Waals surface area contributed by atoms with E-state index in [1.807, 2.05) is 4.90 Å². The quantitative estimate of drug-likeness (QED) is 0.614. The number of aliphatic imine (C=N–C) groups is 1. The summed E-state index contributed by atoms with van der Waals surface area (Å²) < 4.78 is 24.0. The molecule has 0 aliphatic carbocycles. The smallest absolute Gasteiger partial charge is 0.193 e. The monoisotopic (exact) mass is 379 g/mol. The average Bonchev–Trinajstić information content (AvgIpc) is 2.90. The summed E-state index contributed by atoms with van der Waals surface area (Å²) in [6.07, 6.45) is -0.689. The molecular formula is C14H22ClN3O3S2. The van der Waals surface area contributed by atoms with Gasteiger partial charge in [0.05, 0.1) is 14.8 Å². The van der Waals surface area contributed by atoms with E-state index >= 15 is 0 Å². The van der Waals surface area contributed by atoms with Gasteiger partial charge in [-0.1, -0.05) is 11.6 Å². The third kappa shape index (κ3) is 4.17. The second kappa shape index (κ2) is 6.96. The maximum absolute atomic E-state index is 12.1. The number of aliphatic hydroxyl groups is 1. The predicted molar refractivity (Wildman–Crippen MR) is 95.1 cm³/mol. The highest BCUT2D eigenvalue weighted by molar-refractivity contribution is 7.92. The van der Waals surface area contributed by atoms with E-state index in [1.54, 1.807) is 33.0 Å². The molecule has 1 aliphatic heterocycles. The molecule has 1 fully saturated rings. The first-order valence-electron chi connectivity index (χ1n) is 7.27. The fourth-order valence-corrected chi connectivity index (χ4v) is 4.87. The molecule has 23 heavy (non-hydrogen) atoms. The zero-order valence-corrected chi connectivity index (χ0v) is 15.8. The van der Waals surface area contributed by atoms with Gasteiger partial charge in [0.25, 0.3) is 0 Å². The van der Waals surface area contributed by atoms with Crippen LogP contribution >= 0.6 is 22.9 Å². The number of rotatable bonds is 3. The number of nitrogens with one attached hydrogen (secondary N) is 1. The van der Waals surface area contributed by atoms with Gasteiger partial charge in [0, 0.05) is 31.6 Å². The Morgan fingerprint density at radius 2 is 2.26 bits per heavy atom. The lowest BCUT2D eigenvalue weighted by atomic mass is 10.2. The van der Waals surface area contributed by atoms with Crippen molar-refractivity contribution < 1.29 is 13.5 Å². The number of thiophene rings is 1. The van der Waals surface area contributed by atoms with Crippen molar-refractivity contribution in [3.63, 3.8) is 0 Å². The summed E-state index contributed by atoms with van der Waals surface area (Å²) in [5.41, 5.74) is 0. The van der Waals surface area contributed by atoms with Gasteiger partial charge in [-0.2, -0.15) is 0 Å². The van der Waals surface area contributed by atoms with E-state index in [4.69, 9.17) is 11.6 Å². The molecule has 1 saturated heterocycles. The number of sulfone groups is 1. The largest absolute Gasteiger partial charge is 0.386 e. The van der Waals surface area contributed by atoms with Gasteiger partial charge < -0.3 is 15.3 Å². The van der Waals surface area contributed by atoms with Crippen LogP contribution < -0.4 is 5.32 Å². The Bertz CT molecular complexity index is 685. The van der Waals surface area contributed by atoms with Crippen LogP contribution in [0.2, 0.25) is 4.34 Å². The van der Waals surface area contributed by atoms with Crippen LogP contribution in [-0.4, -0.2) is 61.6 Å². The molecule has 0 saturated carbocycles. The molecule has 0 radical (unpaired) electrons. The van der Waals surface area contributed by atoms with Crippen LogP contribution in [0.25, 0.3) is 0 Å². The van der Waals surface area contributed by atoms with Crippen LogP contribution in [0.4, 0.5) is 0 Å². The van der Waals surface area contributed by atoms with E-state index in [1.165, 1.54) is 11.3 Å². The van der Waals surface area contributed by atoms with Crippen molar-refractivity contribution in [2.24, 2.45) is 4.99 Å². The van der Waals surface area contributed by atoms with Crippen molar-refractivity contribution in [2.45, 2.75) is 24.7 Å². The molecular weight excluding hydrogens is 358 g/mol. The fourth-order valence-electron chi connectivity index (χ4n) is 2.45. The number of nitrogens with zero attached hydrogens (tertiary/aromatic N) is 2. The lowest BCUT2D eigenvalue weighted by Gasteiger charge is -2.39. The molecule has 0 bridgehead atoms. The average molecular weight is 380 g/mol. The molecule has 0 amide bonds.